The molecule has 2 N–H and O–H groups in total. The van der Waals surface area contributed by atoms with Gasteiger partial charge in [0.15, 0.2) is 48.6 Å². The first-order valence-corrected chi connectivity index (χ1v) is 33.3. The number of ether oxygens (including phenoxy) is 6. The summed E-state index contributed by atoms with van der Waals surface area (Å²) in [5, 5.41) is 23.7. The van der Waals surface area contributed by atoms with E-state index in [4.69, 9.17) is 28.4 Å². The van der Waals surface area contributed by atoms with Gasteiger partial charge in [-0.05, 0) is 125 Å². The van der Waals surface area contributed by atoms with Crippen molar-refractivity contribution >= 4 is 35.1 Å². The third kappa shape index (κ3) is 10.4. The van der Waals surface area contributed by atoms with E-state index in [9.17, 15) is 39.0 Å². The summed E-state index contributed by atoms with van der Waals surface area (Å²) in [6.07, 6.45) is 33.3. The molecular weight excluding hydrogens is 1060 g/mol. The van der Waals surface area contributed by atoms with E-state index >= 15 is 0 Å². The Kier molecular flexibility index (Phi) is 17.7. The highest BCUT2D eigenvalue weighted by atomic mass is 16.8. The maximum Gasteiger partial charge on any atom is 0.308 e. The average Bonchev–Trinajstić information content (AvgIpc) is 1.50. The van der Waals surface area contributed by atoms with E-state index in [1.165, 1.54) is 51.4 Å². The number of esters is 2. The quantitative estimate of drug-likeness (QED) is 0.196. The number of carbonyl (C=O) groups excluding carboxylic acids is 6. The maximum absolute atomic E-state index is 14.2. The van der Waals surface area contributed by atoms with Crippen LogP contribution < -0.4 is 0 Å². The fraction of sp³-hybridized carbons (Fsp3) is 0.800. The second-order valence-corrected chi connectivity index (χ2v) is 29.9. The molecular formula is C70H100O14. The Hall–Kier alpha value is -3.66. The van der Waals surface area contributed by atoms with Crippen LogP contribution in [0.2, 0.25) is 0 Å². The number of fused-ring (bicyclic) bond motifs is 14. The van der Waals surface area contributed by atoms with E-state index in [0.717, 1.165) is 88.2 Å². The summed E-state index contributed by atoms with van der Waals surface area (Å²) in [5.74, 6) is -0.942. The zero-order valence-corrected chi connectivity index (χ0v) is 51.9. The molecule has 0 spiro atoms. The summed E-state index contributed by atoms with van der Waals surface area (Å²) in [4.78, 5) is 77.5. The standard InChI is InChI=1S/2C32H44O7.C6H12/c2*1-18(2)28(36)37-17-25(35)32-26(38-29(39-32)19-8-6-5-7-9-19)15-23-22-11-10-20-14-21(33)12-13-30(20,3)27(22)24(34)16-31(23,32)4;1-2-4-6-5-3-1/h2*12-14,18-19,22-24,26-27,29,34H,5-11,15-17H2,1-4H3;1-6H2/t2*22-,23-,24-,26+,27+,29+,30-,31-,32+;/m00./s1. The molecule has 9 saturated carbocycles. The Morgan fingerprint density at radius 1 is 0.536 bits per heavy atom. The first kappa shape index (κ1) is 62.0. The number of hydrogen-bond acceptors (Lipinski definition) is 14. The molecule has 13 rings (SSSR count). The molecule has 2 saturated heterocycles. The van der Waals surface area contributed by atoms with Crippen LogP contribution in [0.25, 0.3) is 0 Å². The van der Waals surface area contributed by atoms with Gasteiger partial charge in [0.2, 0.25) is 11.6 Å². The summed E-state index contributed by atoms with van der Waals surface area (Å²) >= 11 is 0. The second kappa shape index (κ2) is 24.0. The molecule has 14 nitrogen and oxygen atoms in total. The van der Waals surface area contributed by atoms with Crippen molar-refractivity contribution in [2.45, 2.75) is 258 Å². The molecule has 0 aromatic carbocycles. The molecule has 0 unspecified atom stereocenters. The number of rotatable bonds is 10. The monoisotopic (exact) mass is 1160 g/mol. The lowest BCUT2D eigenvalue weighted by molar-refractivity contribution is -0.210. The lowest BCUT2D eigenvalue weighted by Crippen LogP contribution is -2.63. The van der Waals surface area contributed by atoms with E-state index in [-0.39, 0.29) is 106 Å². The second-order valence-electron chi connectivity index (χ2n) is 29.9. The number of aliphatic hydroxyl groups excluding tert-OH is 2. The third-order valence-electron chi connectivity index (χ3n) is 24.5. The molecule has 18 atom stereocenters. The van der Waals surface area contributed by atoms with Gasteiger partial charge in [-0.2, -0.15) is 0 Å². The molecule has 0 bridgehead atoms. The van der Waals surface area contributed by atoms with Crippen LogP contribution in [-0.4, -0.2) is 107 Å². The summed E-state index contributed by atoms with van der Waals surface area (Å²) < 4.78 is 38.1. The van der Waals surface area contributed by atoms with Gasteiger partial charge >= 0.3 is 11.9 Å². The van der Waals surface area contributed by atoms with Crippen LogP contribution in [0.3, 0.4) is 0 Å². The molecule has 0 aromatic rings. The van der Waals surface area contributed by atoms with Gasteiger partial charge in [-0.25, -0.2) is 0 Å². The van der Waals surface area contributed by atoms with Crippen molar-refractivity contribution in [1.82, 2.24) is 0 Å². The van der Waals surface area contributed by atoms with Gasteiger partial charge in [0.05, 0.1) is 36.3 Å². The summed E-state index contributed by atoms with van der Waals surface area (Å²) in [5.41, 5.74) is -2.38. The normalized spacial score (nSPS) is 43.8. The third-order valence-corrected chi connectivity index (χ3v) is 24.5. The molecule has 84 heavy (non-hydrogen) atoms. The number of aliphatic hydroxyl groups is 2. The zero-order chi connectivity index (χ0) is 59.7. The van der Waals surface area contributed by atoms with E-state index < -0.39 is 71.0 Å². The van der Waals surface area contributed by atoms with E-state index in [0.29, 0.717) is 25.7 Å². The Bertz CT molecular complexity index is 2470. The molecule has 2 heterocycles. The maximum atomic E-state index is 14.2. The topological polar surface area (TPSA) is 198 Å². The Morgan fingerprint density at radius 2 is 0.881 bits per heavy atom. The van der Waals surface area contributed by atoms with Crippen LogP contribution in [0.1, 0.15) is 209 Å². The van der Waals surface area contributed by atoms with Crippen LogP contribution in [0.15, 0.2) is 47.6 Å². The van der Waals surface area contributed by atoms with Crippen molar-refractivity contribution in [1.29, 1.82) is 0 Å². The van der Waals surface area contributed by atoms with Gasteiger partial charge in [-0.3, -0.25) is 28.8 Å². The predicted molar refractivity (Wildman–Crippen MR) is 314 cm³/mol. The first-order valence-electron chi connectivity index (χ1n) is 33.3. The van der Waals surface area contributed by atoms with E-state index in [2.05, 4.69) is 27.7 Å². The van der Waals surface area contributed by atoms with Crippen molar-refractivity contribution in [3.63, 3.8) is 0 Å². The van der Waals surface area contributed by atoms with E-state index in [1.807, 2.05) is 12.2 Å². The molecule has 0 amide bonds. The lowest BCUT2D eigenvalue weighted by Gasteiger charge is -2.59. The number of ketones is 4. The molecule has 2 aliphatic heterocycles. The van der Waals surface area contributed by atoms with Gasteiger partial charge in [-0.15, -0.1) is 0 Å². The van der Waals surface area contributed by atoms with Gasteiger partial charge < -0.3 is 38.6 Å². The van der Waals surface area contributed by atoms with Crippen LogP contribution >= 0.6 is 0 Å². The van der Waals surface area contributed by atoms with Crippen molar-refractivity contribution in [2.75, 3.05) is 13.2 Å². The van der Waals surface area contributed by atoms with Gasteiger partial charge in [0, 0.05) is 45.3 Å². The van der Waals surface area contributed by atoms with Gasteiger partial charge in [-0.1, -0.05) is 156 Å². The number of carbonyl (C=O) groups is 6. The molecule has 11 fully saturated rings. The van der Waals surface area contributed by atoms with Crippen LogP contribution in [-0.2, 0) is 57.2 Å². The minimum absolute atomic E-state index is 0.0162. The predicted octanol–water partition coefficient (Wildman–Crippen LogP) is 11.7. The molecule has 464 valence electrons. The average molecular weight is 1170 g/mol. The highest BCUT2D eigenvalue weighted by molar-refractivity contribution is 6.02. The number of hydrogen-bond donors (Lipinski definition) is 2. The fourth-order valence-corrected chi connectivity index (χ4v) is 20.3. The minimum Gasteiger partial charge on any atom is -0.457 e. The van der Waals surface area contributed by atoms with Crippen molar-refractivity contribution < 1.29 is 67.4 Å². The SMILES string of the molecule is C1CCCCC1.CC(C)C(=O)OCC(=O)[C@@]12O[C@H](C3CCCCC3)O[C@@H]1C[C@H]1[C@@H]3CCC4=CC(=O)C=C[C@]4(C)[C@H]3[C@@H](O)C[C@@]12C.CC(C)C(=O)OCC(=O)[C@@]12O[C@H](C3CCCCC3)O[C@@H]1C[C@H]1[C@@H]3CCC4=CC(=O)C=C[C@]4(C)[C@H]3[C@@H](O)C[C@@]12C. The largest absolute Gasteiger partial charge is 0.457 e. The van der Waals surface area contributed by atoms with E-state index in [1.54, 1.807) is 52.0 Å². The number of allylic oxidation sites excluding steroid dienone is 8. The summed E-state index contributed by atoms with van der Waals surface area (Å²) in [6, 6.07) is 0. The molecule has 0 aromatic heterocycles. The van der Waals surface area contributed by atoms with Gasteiger partial charge in [0.25, 0.3) is 0 Å². The van der Waals surface area contributed by atoms with Crippen LogP contribution in [0.4, 0.5) is 0 Å². The molecule has 0 radical (unpaired) electrons. The lowest BCUT2D eigenvalue weighted by atomic mass is 9.46. The zero-order valence-electron chi connectivity index (χ0n) is 51.9. The van der Waals surface area contributed by atoms with Crippen molar-refractivity contribution in [2.24, 2.45) is 80.8 Å². The smallest absolute Gasteiger partial charge is 0.308 e. The Morgan fingerprint density at radius 3 is 1.23 bits per heavy atom. The highest BCUT2D eigenvalue weighted by Gasteiger charge is 2.78. The Balaban J connectivity index is 0.000000159. The number of Topliss-reactive ketones (excluding diaryl/α,β-unsaturated/α-hetero) is 2. The van der Waals surface area contributed by atoms with Crippen molar-refractivity contribution in [3.8, 4) is 0 Å². The highest BCUT2D eigenvalue weighted by Crippen LogP contribution is 2.72. The van der Waals surface area contributed by atoms with Gasteiger partial charge in [0.1, 0.15) is 0 Å². The first-order chi connectivity index (χ1) is 40.0. The molecule has 14 heteroatoms. The molecule has 13 aliphatic rings. The van der Waals surface area contributed by atoms with Crippen molar-refractivity contribution in [3.05, 3.63) is 47.6 Å². The fourth-order valence-electron chi connectivity index (χ4n) is 20.3. The summed E-state index contributed by atoms with van der Waals surface area (Å²) in [7, 11) is 0. The summed E-state index contributed by atoms with van der Waals surface area (Å²) in [6.45, 7) is 14.9. The Labute approximate surface area is 499 Å². The van der Waals surface area contributed by atoms with Crippen LogP contribution in [0, 0.1) is 80.8 Å². The minimum atomic E-state index is -1.25. The molecule has 11 aliphatic carbocycles. The van der Waals surface area contributed by atoms with Crippen LogP contribution in [0.5, 0.6) is 0 Å².